The standard InChI is InChI=1S/C24H23FN8O5S/c1-24(2,3)38-23(35)31-9-8-14(12-31)32-21-15(11-27-32)20(28-19(29-21)13-4-6-17(25)26-10-13)30-22(34)16-5-7-18(39-16)33(36)37/h4-7,10-11,14H,8-9,12H2,1-3H3,(H,28,29,30,34). The van der Waals surface area contributed by atoms with E-state index in [4.69, 9.17) is 4.74 Å². The summed E-state index contributed by atoms with van der Waals surface area (Å²) >= 11 is 0.732. The molecule has 1 fully saturated rings. The summed E-state index contributed by atoms with van der Waals surface area (Å²) in [7, 11) is 0. The Labute approximate surface area is 224 Å². The number of rotatable bonds is 5. The summed E-state index contributed by atoms with van der Waals surface area (Å²) < 4.78 is 20.6. The van der Waals surface area contributed by atoms with Crippen LogP contribution in [-0.4, -0.2) is 65.2 Å². The van der Waals surface area contributed by atoms with Gasteiger partial charge in [-0.25, -0.2) is 24.4 Å². The number of halogens is 1. The lowest BCUT2D eigenvalue weighted by atomic mass is 10.2. The number of carbonyl (C=O) groups excluding carboxylic acids is 2. The molecule has 4 aromatic rings. The summed E-state index contributed by atoms with van der Waals surface area (Å²) in [6.07, 6.45) is 2.94. The molecule has 5 rings (SSSR count). The quantitative estimate of drug-likeness (QED) is 0.214. The lowest BCUT2D eigenvalue weighted by molar-refractivity contribution is -0.380. The maximum absolute atomic E-state index is 13.5. The van der Waals surface area contributed by atoms with E-state index in [2.05, 4.69) is 25.4 Å². The minimum absolute atomic E-state index is 0.119. The van der Waals surface area contributed by atoms with Crippen molar-refractivity contribution in [3.63, 3.8) is 0 Å². The molecule has 202 valence electrons. The van der Waals surface area contributed by atoms with E-state index >= 15 is 0 Å². The maximum atomic E-state index is 13.5. The summed E-state index contributed by atoms with van der Waals surface area (Å²) in [6.45, 7) is 6.19. The van der Waals surface area contributed by atoms with Gasteiger partial charge in [-0.15, -0.1) is 0 Å². The van der Waals surface area contributed by atoms with Gasteiger partial charge >= 0.3 is 11.1 Å². The zero-order chi connectivity index (χ0) is 27.9. The Morgan fingerprint density at radius 3 is 2.67 bits per heavy atom. The van der Waals surface area contributed by atoms with E-state index in [-0.39, 0.29) is 27.6 Å². The van der Waals surface area contributed by atoms with Crippen molar-refractivity contribution < 1.29 is 23.6 Å². The molecule has 0 saturated carbocycles. The average Bonchev–Trinajstić information content (AvgIpc) is 3.62. The van der Waals surface area contributed by atoms with Crippen molar-refractivity contribution in [2.75, 3.05) is 18.4 Å². The summed E-state index contributed by atoms with van der Waals surface area (Å²) in [4.78, 5) is 50.5. The molecular weight excluding hydrogens is 531 g/mol. The molecule has 15 heteroatoms. The monoisotopic (exact) mass is 554 g/mol. The minimum Gasteiger partial charge on any atom is -0.444 e. The summed E-state index contributed by atoms with van der Waals surface area (Å²) in [5, 5.41) is 18.5. The van der Waals surface area contributed by atoms with E-state index in [0.717, 1.165) is 11.3 Å². The van der Waals surface area contributed by atoms with Crippen LogP contribution >= 0.6 is 11.3 Å². The molecule has 1 unspecified atom stereocenters. The van der Waals surface area contributed by atoms with Gasteiger partial charge in [-0.05, 0) is 45.4 Å². The molecule has 13 nitrogen and oxygen atoms in total. The van der Waals surface area contributed by atoms with Crippen LogP contribution in [0.5, 0.6) is 0 Å². The van der Waals surface area contributed by atoms with Crippen molar-refractivity contribution in [3.8, 4) is 11.4 Å². The summed E-state index contributed by atoms with van der Waals surface area (Å²) in [5.74, 6) is -0.994. The van der Waals surface area contributed by atoms with Gasteiger partial charge in [0.2, 0.25) is 5.95 Å². The highest BCUT2D eigenvalue weighted by Crippen LogP contribution is 2.31. The van der Waals surface area contributed by atoms with Crippen molar-refractivity contribution >= 4 is 45.2 Å². The number of ether oxygens (including phenoxy) is 1. The second-order valence-corrected chi connectivity index (χ2v) is 10.9. The fourth-order valence-corrected chi connectivity index (χ4v) is 4.79. The van der Waals surface area contributed by atoms with Crippen molar-refractivity contribution in [2.24, 2.45) is 0 Å². The Bertz CT molecular complexity index is 1580. The number of carbonyl (C=O) groups is 2. The van der Waals surface area contributed by atoms with Crippen molar-refractivity contribution in [3.05, 3.63) is 57.6 Å². The predicted molar refractivity (Wildman–Crippen MR) is 139 cm³/mol. The number of likely N-dealkylation sites (tertiary alicyclic amines) is 1. The number of amides is 2. The first kappa shape index (κ1) is 26.1. The predicted octanol–water partition coefficient (Wildman–Crippen LogP) is 4.43. The lowest BCUT2D eigenvalue weighted by Crippen LogP contribution is -2.35. The van der Waals surface area contributed by atoms with Crippen LogP contribution in [0, 0.1) is 16.1 Å². The molecule has 2 amide bonds. The Hall–Kier alpha value is -4.53. The van der Waals surface area contributed by atoms with E-state index in [1.165, 1.54) is 36.7 Å². The highest BCUT2D eigenvalue weighted by atomic mass is 32.1. The SMILES string of the molecule is CC(C)(C)OC(=O)N1CCC(n2ncc3c(NC(=O)c4ccc([N+](=O)[O-])s4)nc(-c4ccc(F)nc4)nc32)C1. The first-order chi connectivity index (χ1) is 18.5. The van der Waals surface area contributed by atoms with Gasteiger partial charge in [-0.3, -0.25) is 14.9 Å². The molecule has 0 spiro atoms. The average molecular weight is 555 g/mol. The van der Waals surface area contributed by atoms with Gasteiger partial charge in [0.1, 0.15) is 11.4 Å². The highest BCUT2D eigenvalue weighted by molar-refractivity contribution is 7.17. The van der Waals surface area contributed by atoms with Crippen molar-refractivity contribution in [2.45, 2.75) is 38.8 Å². The van der Waals surface area contributed by atoms with Crippen LogP contribution in [0.4, 0.5) is 20.0 Å². The van der Waals surface area contributed by atoms with Crippen LogP contribution in [0.1, 0.15) is 42.9 Å². The fourth-order valence-electron chi connectivity index (χ4n) is 4.08. The van der Waals surface area contributed by atoms with Crippen LogP contribution in [0.3, 0.4) is 0 Å². The second kappa shape index (κ2) is 9.98. The normalized spacial score (nSPS) is 15.5. The third-order valence-corrected chi connectivity index (χ3v) is 6.86. The van der Waals surface area contributed by atoms with E-state index in [0.29, 0.717) is 36.1 Å². The topological polar surface area (TPSA) is 158 Å². The van der Waals surface area contributed by atoms with Gasteiger partial charge in [0, 0.05) is 30.9 Å². The molecule has 1 N–H and O–H groups in total. The van der Waals surface area contributed by atoms with Crippen molar-refractivity contribution in [1.29, 1.82) is 0 Å². The van der Waals surface area contributed by atoms with Gasteiger partial charge in [-0.2, -0.15) is 9.49 Å². The Morgan fingerprint density at radius 2 is 2.00 bits per heavy atom. The first-order valence-corrected chi connectivity index (χ1v) is 12.7. The third-order valence-electron chi connectivity index (χ3n) is 5.83. The van der Waals surface area contributed by atoms with Crippen LogP contribution in [0.15, 0.2) is 36.7 Å². The largest absolute Gasteiger partial charge is 0.444 e. The number of hydrogen-bond donors (Lipinski definition) is 1. The number of anilines is 1. The van der Waals surface area contributed by atoms with Gasteiger partial charge < -0.3 is 15.0 Å². The number of nitro groups is 1. The van der Waals surface area contributed by atoms with E-state index in [9.17, 15) is 24.1 Å². The number of pyridine rings is 1. The first-order valence-electron chi connectivity index (χ1n) is 11.9. The molecule has 1 aliphatic heterocycles. The summed E-state index contributed by atoms with van der Waals surface area (Å²) in [6, 6.07) is 5.00. The van der Waals surface area contributed by atoms with E-state index < -0.39 is 28.5 Å². The number of fused-ring (bicyclic) bond motifs is 1. The van der Waals surface area contributed by atoms with Crippen LogP contribution in [-0.2, 0) is 4.74 Å². The molecule has 5 heterocycles. The van der Waals surface area contributed by atoms with Gasteiger partial charge in [0.25, 0.3) is 5.91 Å². The Kier molecular flexibility index (Phi) is 6.68. The van der Waals surface area contributed by atoms with Crippen LogP contribution < -0.4 is 5.32 Å². The summed E-state index contributed by atoms with van der Waals surface area (Å²) in [5.41, 5.74) is 0.151. The smallest absolute Gasteiger partial charge is 0.410 e. The molecular formula is C24H23FN8O5S. The Morgan fingerprint density at radius 1 is 1.21 bits per heavy atom. The van der Waals surface area contributed by atoms with Gasteiger partial charge in [0.05, 0.1) is 27.4 Å². The zero-order valence-corrected chi connectivity index (χ0v) is 21.9. The molecule has 39 heavy (non-hydrogen) atoms. The molecule has 1 saturated heterocycles. The number of nitrogens with one attached hydrogen (secondary N) is 1. The number of thiophene rings is 1. The van der Waals surface area contributed by atoms with Gasteiger partial charge in [-0.1, -0.05) is 11.3 Å². The maximum Gasteiger partial charge on any atom is 0.410 e. The molecule has 0 bridgehead atoms. The number of nitrogens with zero attached hydrogens (tertiary/aromatic N) is 7. The van der Waals surface area contributed by atoms with Crippen LogP contribution in [0.2, 0.25) is 0 Å². The van der Waals surface area contributed by atoms with E-state index in [1.54, 1.807) is 30.4 Å². The molecule has 0 aromatic carbocycles. The lowest BCUT2D eigenvalue weighted by Gasteiger charge is -2.24. The number of hydrogen-bond acceptors (Lipinski definition) is 10. The number of aromatic nitrogens is 5. The Balaban J connectivity index is 1.50. The highest BCUT2D eigenvalue weighted by Gasteiger charge is 2.32. The molecule has 4 aromatic heterocycles. The molecule has 0 aliphatic carbocycles. The van der Waals surface area contributed by atoms with Gasteiger partial charge in [0.15, 0.2) is 11.5 Å². The second-order valence-electron chi connectivity index (χ2n) is 9.81. The van der Waals surface area contributed by atoms with Crippen LogP contribution in [0.25, 0.3) is 22.4 Å². The van der Waals surface area contributed by atoms with Crippen molar-refractivity contribution in [1.82, 2.24) is 29.6 Å². The zero-order valence-electron chi connectivity index (χ0n) is 21.1. The molecule has 1 atom stereocenters. The fraction of sp³-hybridized carbons (Fsp3) is 0.333. The third kappa shape index (κ3) is 5.52. The van der Waals surface area contributed by atoms with E-state index in [1.807, 2.05) is 0 Å². The molecule has 1 aliphatic rings. The minimum atomic E-state index is -0.675. The molecule has 0 radical (unpaired) electrons.